The van der Waals surface area contributed by atoms with E-state index in [0.29, 0.717) is 6.54 Å². The van der Waals surface area contributed by atoms with Gasteiger partial charge in [0.15, 0.2) is 5.96 Å². The summed E-state index contributed by atoms with van der Waals surface area (Å²) in [7, 11) is 0. The third-order valence-electron chi connectivity index (χ3n) is 4.41. The van der Waals surface area contributed by atoms with E-state index in [1.165, 1.54) is 12.8 Å². The topological polar surface area (TPSA) is 70.6 Å². The highest BCUT2D eigenvalue weighted by Crippen LogP contribution is 2.25. The minimum Gasteiger partial charge on any atom is -0.468 e. The number of hydrogen-bond acceptors (Lipinski definition) is 4. The molecule has 7 nitrogen and oxygen atoms in total. The quantitative estimate of drug-likeness (QED) is 0.565. The van der Waals surface area contributed by atoms with Crippen LogP contribution < -0.4 is 10.6 Å². The first kappa shape index (κ1) is 17.5. The van der Waals surface area contributed by atoms with Crippen molar-refractivity contribution in [3.05, 3.63) is 42.6 Å². The van der Waals surface area contributed by atoms with Gasteiger partial charge < -0.3 is 15.1 Å². The molecular weight excluding hydrogens is 316 g/mol. The standard InChI is InChI=1S/C18H28N6O/c1-2-19-18(20-9-13-24-12-6-8-22-24)21-15-16(17-7-5-14-25-17)23-10-3-4-11-23/h5-8,12,14,16H,2-4,9-11,13,15H2,1H3,(H2,19,20,21). The molecule has 136 valence electrons. The number of furan rings is 1. The lowest BCUT2D eigenvalue weighted by Gasteiger charge is -2.24. The number of aliphatic imine (C=N–C) groups is 1. The van der Waals surface area contributed by atoms with Crippen LogP contribution in [0.25, 0.3) is 0 Å². The van der Waals surface area contributed by atoms with Gasteiger partial charge in [-0.1, -0.05) is 0 Å². The zero-order valence-electron chi connectivity index (χ0n) is 14.9. The maximum Gasteiger partial charge on any atom is 0.191 e. The van der Waals surface area contributed by atoms with E-state index in [2.05, 4.69) is 33.6 Å². The molecule has 1 saturated heterocycles. The van der Waals surface area contributed by atoms with Crippen molar-refractivity contribution < 1.29 is 4.42 Å². The summed E-state index contributed by atoms with van der Waals surface area (Å²) in [5, 5.41) is 10.9. The Kier molecular flexibility index (Phi) is 6.50. The normalized spacial score (nSPS) is 16.9. The number of likely N-dealkylation sites (tertiary alicyclic amines) is 1. The average Bonchev–Trinajstić information content (AvgIpc) is 3.38. The van der Waals surface area contributed by atoms with E-state index >= 15 is 0 Å². The summed E-state index contributed by atoms with van der Waals surface area (Å²) < 4.78 is 7.58. The molecule has 0 amide bonds. The van der Waals surface area contributed by atoms with Crippen molar-refractivity contribution in [2.45, 2.75) is 32.4 Å². The van der Waals surface area contributed by atoms with Crippen LogP contribution in [0.2, 0.25) is 0 Å². The van der Waals surface area contributed by atoms with Crippen LogP contribution in [0, 0.1) is 0 Å². The molecule has 0 aromatic carbocycles. The lowest BCUT2D eigenvalue weighted by atomic mass is 10.2. The smallest absolute Gasteiger partial charge is 0.191 e. The maximum absolute atomic E-state index is 5.67. The zero-order valence-corrected chi connectivity index (χ0v) is 14.9. The van der Waals surface area contributed by atoms with E-state index < -0.39 is 0 Å². The number of nitrogens with zero attached hydrogens (tertiary/aromatic N) is 4. The Morgan fingerprint density at radius 1 is 1.32 bits per heavy atom. The third kappa shape index (κ3) is 5.09. The van der Waals surface area contributed by atoms with Crippen molar-refractivity contribution in [3.8, 4) is 0 Å². The Hall–Kier alpha value is -2.28. The van der Waals surface area contributed by atoms with Crippen LogP contribution in [-0.4, -0.2) is 53.4 Å². The molecule has 0 radical (unpaired) electrons. The number of guanidine groups is 1. The Bertz CT molecular complexity index is 616. The fourth-order valence-electron chi connectivity index (χ4n) is 3.16. The molecule has 7 heteroatoms. The maximum atomic E-state index is 5.67. The van der Waals surface area contributed by atoms with Crippen LogP contribution in [0.3, 0.4) is 0 Å². The zero-order chi connectivity index (χ0) is 17.3. The Morgan fingerprint density at radius 2 is 2.20 bits per heavy atom. The molecule has 2 aromatic rings. The van der Waals surface area contributed by atoms with Gasteiger partial charge in [-0.2, -0.15) is 5.10 Å². The number of nitrogens with one attached hydrogen (secondary N) is 2. The molecule has 0 spiro atoms. The molecule has 1 unspecified atom stereocenters. The SMILES string of the molecule is CCNC(=NCC(c1ccco1)N1CCCC1)NCCn1cccn1. The van der Waals surface area contributed by atoms with Crippen molar-refractivity contribution in [2.24, 2.45) is 4.99 Å². The Labute approximate surface area is 149 Å². The number of rotatable bonds is 8. The monoisotopic (exact) mass is 344 g/mol. The molecular formula is C18H28N6O. The molecule has 0 saturated carbocycles. The predicted octanol–water partition coefficient (Wildman–Crippen LogP) is 1.87. The first-order chi connectivity index (χ1) is 12.4. The third-order valence-corrected chi connectivity index (χ3v) is 4.41. The Morgan fingerprint density at radius 3 is 2.88 bits per heavy atom. The summed E-state index contributed by atoms with van der Waals surface area (Å²) in [4.78, 5) is 7.26. The van der Waals surface area contributed by atoms with E-state index in [1.54, 1.807) is 12.5 Å². The molecule has 2 N–H and O–H groups in total. The molecule has 3 heterocycles. The van der Waals surface area contributed by atoms with Gasteiger partial charge in [-0.15, -0.1) is 0 Å². The molecule has 25 heavy (non-hydrogen) atoms. The van der Waals surface area contributed by atoms with Gasteiger partial charge in [-0.3, -0.25) is 14.6 Å². The molecule has 2 aromatic heterocycles. The summed E-state index contributed by atoms with van der Waals surface area (Å²) in [6.07, 6.45) is 8.01. The van der Waals surface area contributed by atoms with Gasteiger partial charge in [0, 0.05) is 25.5 Å². The minimum atomic E-state index is 0.207. The van der Waals surface area contributed by atoms with Crippen LogP contribution in [-0.2, 0) is 6.54 Å². The van der Waals surface area contributed by atoms with E-state index in [0.717, 1.165) is 44.4 Å². The van der Waals surface area contributed by atoms with E-state index in [-0.39, 0.29) is 6.04 Å². The fraction of sp³-hybridized carbons (Fsp3) is 0.556. The predicted molar refractivity (Wildman–Crippen MR) is 98.5 cm³/mol. The van der Waals surface area contributed by atoms with Crippen LogP contribution in [0.4, 0.5) is 0 Å². The highest BCUT2D eigenvalue weighted by molar-refractivity contribution is 5.79. The second kappa shape index (κ2) is 9.27. The minimum absolute atomic E-state index is 0.207. The second-order valence-electron chi connectivity index (χ2n) is 6.19. The Balaban J connectivity index is 1.59. The van der Waals surface area contributed by atoms with Gasteiger partial charge in [0.05, 0.1) is 25.4 Å². The molecule has 1 atom stereocenters. The summed E-state index contributed by atoms with van der Waals surface area (Å²) >= 11 is 0. The van der Waals surface area contributed by atoms with Gasteiger partial charge in [0.25, 0.3) is 0 Å². The van der Waals surface area contributed by atoms with Crippen molar-refractivity contribution in [2.75, 3.05) is 32.7 Å². The molecule has 1 fully saturated rings. The largest absolute Gasteiger partial charge is 0.468 e. The molecule has 3 rings (SSSR count). The first-order valence-electron chi connectivity index (χ1n) is 9.14. The van der Waals surface area contributed by atoms with E-state index in [9.17, 15) is 0 Å². The summed E-state index contributed by atoms with van der Waals surface area (Å²) in [6.45, 7) is 7.42. The number of hydrogen-bond donors (Lipinski definition) is 2. The van der Waals surface area contributed by atoms with Crippen LogP contribution in [0.1, 0.15) is 31.6 Å². The fourth-order valence-corrected chi connectivity index (χ4v) is 3.16. The van der Waals surface area contributed by atoms with Crippen molar-refractivity contribution in [1.82, 2.24) is 25.3 Å². The average molecular weight is 344 g/mol. The summed E-state index contributed by atoms with van der Waals surface area (Å²) in [5.74, 6) is 1.84. The van der Waals surface area contributed by atoms with Gasteiger partial charge in [0.1, 0.15) is 5.76 Å². The van der Waals surface area contributed by atoms with Crippen LogP contribution in [0.15, 0.2) is 46.3 Å². The summed E-state index contributed by atoms with van der Waals surface area (Å²) in [5.41, 5.74) is 0. The van der Waals surface area contributed by atoms with Crippen LogP contribution in [0.5, 0.6) is 0 Å². The summed E-state index contributed by atoms with van der Waals surface area (Å²) in [6, 6.07) is 6.15. The second-order valence-corrected chi connectivity index (χ2v) is 6.19. The molecule has 1 aliphatic rings. The van der Waals surface area contributed by atoms with Gasteiger partial charge in [0.2, 0.25) is 0 Å². The van der Waals surface area contributed by atoms with Gasteiger partial charge >= 0.3 is 0 Å². The van der Waals surface area contributed by atoms with E-state index in [1.807, 2.05) is 23.0 Å². The lowest BCUT2D eigenvalue weighted by molar-refractivity contribution is 0.221. The van der Waals surface area contributed by atoms with Crippen molar-refractivity contribution >= 4 is 5.96 Å². The van der Waals surface area contributed by atoms with Crippen LogP contribution >= 0.6 is 0 Å². The van der Waals surface area contributed by atoms with E-state index in [4.69, 9.17) is 9.41 Å². The lowest BCUT2D eigenvalue weighted by Crippen LogP contribution is -2.39. The molecule has 0 aliphatic carbocycles. The molecule has 0 bridgehead atoms. The number of aromatic nitrogens is 2. The van der Waals surface area contributed by atoms with Crippen molar-refractivity contribution in [1.29, 1.82) is 0 Å². The highest BCUT2D eigenvalue weighted by Gasteiger charge is 2.25. The first-order valence-corrected chi connectivity index (χ1v) is 9.14. The highest BCUT2D eigenvalue weighted by atomic mass is 16.3. The molecule has 1 aliphatic heterocycles. The van der Waals surface area contributed by atoms with Crippen molar-refractivity contribution in [3.63, 3.8) is 0 Å². The van der Waals surface area contributed by atoms with Gasteiger partial charge in [-0.05, 0) is 51.1 Å². The van der Waals surface area contributed by atoms with Gasteiger partial charge in [-0.25, -0.2) is 0 Å².